The van der Waals surface area contributed by atoms with Gasteiger partial charge in [0, 0.05) is 23.2 Å². The number of aryl methyl sites for hydroxylation is 2. The van der Waals surface area contributed by atoms with Gasteiger partial charge in [-0.25, -0.2) is 4.79 Å². The zero-order valence-corrected chi connectivity index (χ0v) is 18.6. The summed E-state index contributed by atoms with van der Waals surface area (Å²) >= 11 is 0. The molecule has 168 valence electrons. The maximum atomic E-state index is 12.8. The fraction of sp³-hybridized carbons (Fsp3) is 0.240. The van der Waals surface area contributed by atoms with E-state index in [0.717, 1.165) is 40.7 Å². The predicted octanol–water partition coefficient (Wildman–Crippen LogP) is 4.16. The fourth-order valence-corrected chi connectivity index (χ4v) is 3.97. The van der Waals surface area contributed by atoms with Crippen LogP contribution >= 0.6 is 0 Å². The number of carbonyl (C=O) groups is 1. The van der Waals surface area contributed by atoms with Crippen molar-refractivity contribution in [3.05, 3.63) is 86.8 Å². The minimum absolute atomic E-state index is 0.0655. The van der Waals surface area contributed by atoms with Crippen molar-refractivity contribution in [3.63, 3.8) is 0 Å². The summed E-state index contributed by atoms with van der Waals surface area (Å²) in [5, 5.41) is 24.0. The summed E-state index contributed by atoms with van der Waals surface area (Å²) in [6.45, 7) is 4.01. The lowest BCUT2D eigenvalue weighted by Crippen LogP contribution is -2.21. The zero-order chi connectivity index (χ0) is 23.4. The predicted molar refractivity (Wildman–Crippen MR) is 125 cm³/mol. The number of nitrogens with one attached hydrogen (secondary N) is 2. The van der Waals surface area contributed by atoms with Gasteiger partial charge in [0.05, 0.1) is 5.56 Å². The van der Waals surface area contributed by atoms with Crippen molar-refractivity contribution in [1.29, 1.82) is 0 Å². The number of carboxylic acids is 1. The molecule has 0 aliphatic heterocycles. The average molecular weight is 444 g/mol. The normalized spacial score (nSPS) is 11.0. The molecule has 0 amide bonds. The van der Waals surface area contributed by atoms with Crippen LogP contribution in [-0.4, -0.2) is 36.7 Å². The van der Waals surface area contributed by atoms with E-state index in [1.165, 1.54) is 0 Å². The van der Waals surface area contributed by atoms with Gasteiger partial charge in [0.25, 0.3) is 5.56 Å². The number of aromatic carboxylic acids is 1. The lowest BCUT2D eigenvalue weighted by Gasteiger charge is -2.13. The molecule has 3 N–H and O–H groups in total. The molecular weight excluding hydrogens is 418 g/mol. The standard InChI is InChI=1S/C25H25N5O3/c1-3-4-7-18-14-22(25(32)33)21(24(31)26-18)13-16-10-11-17(12-15(16)2)19-8-5-6-9-20(19)23-27-29-30-28-23/h5-6,8-12,14H,3-4,7,13H2,1-2H3,(H,26,31)(H,32,33)(H,27,28,29,30). The smallest absolute Gasteiger partial charge is 0.336 e. The second kappa shape index (κ2) is 9.60. The van der Waals surface area contributed by atoms with Gasteiger partial charge in [0.2, 0.25) is 5.82 Å². The van der Waals surface area contributed by atoms with Gasteiger partial charge in [-0.2, -0.15) is 5.21 Å². The summed E-state index contributed by atoms with van der Waals surface area (Å²) in [4.78, 5) is 27.5. The van der Waals surface area contributed by atoms with Crippen molar-refractivity contribution in [3.8, 4) is 22.5 Å². The summed E-state index contributed by atoms with van der Waals surface area (Å²) in [6, 6.07) is 15.3. The van der Waals surface area contributed by atoms with Gasteiger partial charge in [0.1, 0.15) is 0 Å². The molecule has 0 aliphatic carbocycles. The minimum atomic E-state index is -1.09. The third kappa shape index (κ3) is 4.74. The van der Waals surface area contributed by atoms with Crippen molar-refractivity contribution in [2.75, 3.05) is 0 Å². The Kier molecular flexibility index (Phi) is 6.44. The first-order chi connectivity index (χ1) is 16.0. The average Bonchev–Trinajstić information content (AvgIpc) is 3.35. The summed E-state index contributed by atoms with van der Waals surface area (Å²) in [7, 11) is 0. The molecule has 2 aromatic heterocycles. The topological polar surface area (TPSA) is 125 Å². The Labute approximate surface area is 190 Å². The van der Waals surface area contributed by atoms with Crippen molar-refractivity contribution in [2.45, 2.75) is 39.5 Å². The van der Waals surface area contributed by atoms with Crippen LogP contribution in [0.25, 0.3) is 22.5 Å². The molecule has 2 aromatic carbocycles. The van der Waals surface area contributed by atoms with Gasteiger partial charge >= 0.3 is 5.97 Å². The number of nitrogens with zero attached hydrogens (tertiary/aromatic N) is 3. The van der Waals surface area contributed by atoms with E-state index >= 15 is 0 Å². The number of unbranched alkanes of at least 4 members (excludes halogenated alkanes) is 1. The van der Waals surface area contributed by atoms with Crippen LogP contribution in [0, 0.1) is 6.92 Å². The van der Waals surface area contributed by atoms with E-state index in [1.54, 1.807) is 6.07 Å². The SMILES string of the molecule is CCCCc1cc(C(=O)O)c(Cc2ccc(-c3ccccc3-c3nn[nH]n3)cc2C)c(=O)[nH]1. The maximum absolute atomic E-state index is 12.8. The minimum Gasteiger partial charge on any atom is -0.478 e. The van der Waals surface area contributed by atoms with Crippen LogP contribution < -0.4 is 5.56 Å². The summed E-state index contributed by atoms with van der Waals surface area (Å²) in [5.74, 6) is -0.578. The van der Waals surface area contributed by atoms with Crippen molar-refractivity contribution in [1.82, 2.24) is 25.6 Å². The van der Waals surface area contributed by atoms with Crippen LogP contribution in [0.5, 0.6) is 0 Å². The number of aromatic nitrogens is 5. The quantitative estimate of drug-likeness (QED) is 0.375. The lowest BCUT2D eigenvalue weighted by molar-refractivity contribution is 0.0695. The van der Waals surface area contributed by atoms with Gasteiger partial charge < -0.3 is 10.1 Å². The van der Waals surface area contributed by atoms with E-state index in [-0.39, 0.29) is 23.1 Å². The van der Waals surface area contributed by atoms with E-state index in [1.807, 2.05) is 49.4 Å². The van der Waals surface area contributed by atoms with Gasteiger partial charge in [-0.15, -0.1) is 10.2 Å². The molecule has 0 saturated carbocycles. The van der Waals surface area contributed by atoms with E-state index in [4.69, 9.17) is 0 Å². The highest BCUT2D eigenvalue weighted by Gasteiger charge is 2.18. The fourth-order valence-electron chi connectivity index (χ4n) is 3.97. The Morgan fingerprint density at radius 2 is 1.88 bits per heavy atom. The molecule has 0 aliphatic rings. The molecule has 0 bridgehead atoms. The van der Waals surface area contributed by atoms with E-state index < -0.39 is 5.97 Å². The van der Waals surface area contributed by atoms with E-state index in [0.29, 0.717) is 17.9 Å². The molecule has 8 heteroatoms. The molecule has 0 saturated heterocycles. The monoisotopic (exact) mass is 443 g/mol. The number of hydrogen-bond donors (Lipinski definition) is 3. The number of carboxylic acid groups (broad SMARTS) is 1. The number of pyridine rings is 1. The van der Waals surface area contributed by atoms with Crippen LogP contribution in [0.1, 0.15) is 52.5 Å². The van der Waals surface area contributed by atoms with Crippen LogP contribution in [0.15, 0.2) is 53.3 Å². The lowest BCUT2D eigenvalue weighted by atomic mass is 9.92. The molecule has 0 fully saturated rings. The van der Waals surface area contributed by atoms with Crippen LogP contribution in [0.2, 0.25) is 0 Å². The Bertz CT molecular complexity index is 1340. The molecule has 4 rings (SSSR count). The molecule has 0 spiro atoms. The number of aromatic amines is 2. The van der Waals surface area contributed by atoms with Gasteiger partial charge in [-0.3, -0.25) is 4.79 Å². The van der Waals surface area contributed by atoms with Crippen LogP contribution in [0.4, 0.5) is 0 Å². The largest absolute Gasteiger partial charge is 0.478 e. The second-order valence-corrected chi connectivity index (χ2v) is 8.02. The number of benzene rings is 2. The highest BCUT2D eigenvalue weighted by atomic mass is 16.4. The molecule has 33 heavy (non-hydrogen) atoms. The Morgan fingerprint density at radius 1 is 1.09 bits per heavy atom. The number of tetrazole rings is 1. The maximum Gasteiger partial charge on any atom is 0.336 e. The van der Waals surface area contributed by atoms with Gasteiger partial charge in [-0.05, 0) is 53.3 Å². The third-order valence-corrected chi connectivity index (χ3v) is 5.76. The highest BCUT2D eigenvalue weighted by molar-refractivity contribution is 5.89. The first-order valence-corrected chi connectivity index (χ1v) is 10.9. The van der Waals surface area contributed by atoms with Crippen LogP contribution in [-0.2, 0) is 12.8 Å². The third-order valence-electron chi connectivity index (χ3n) is 5.76. The molecular formula is C25H25N5O3. The Balaban J connectivity index is 1.69. The van der Waals surface area contributed by atoms with E-state index in [9.17, 15) is 14.7 Å². The summed E-state index contributed by atoms with van der Waals surface area (Å²) in [5.41, 5.74) is 5.29. The first-order valence-electron chi connectivity index (χ1n) is 10.9. The molecule has 0 radical (unpaired) electrons. The highest BCUT2D eigenvalue weighted by Crippen LogP contribution is 2.31. The Hall–Kier alpha value is -4.07. The molecule has 2 heterocycles. The number of H-pyrrole nitrogens is 2. The van der Waals surface area contributed by atoms with Crippen molar-refractivity contribution < 1.29 is 9.90 Å². The van der Waals surface area contributed by atoms with Crippen molar-refractivity contribution >= 4 is 5.97 Å². The number of hydrogen-bond acceptors (Lipinski definition) is 5. The molecule has 0 atom stereocenters. The van der Waals surface area contributed by atoms with Crippen molar-refractivity contribution in [2.24, 2.45) is 0 Å². The molecule has 4 aromatic rings. The summed E-state index contributed by atoms with van der Waals surface area (Å²) in [6.07, 6.45) is 2.75. The summed E-state index contributed by atoms with van der Waals surface area (Å²) < 4.78 is 0. The Morgan fingerprint density at radius 3 is 2.55 bits per heavy atom. The number of rotatable bonds is 8. The van der Waals surface area contributed by atoms with Gasteiger partial charge in [-0.1, -0.05) is 55.8 Å². The van der Waals surface area contributed by atoms with Crippen LogP contribution in [0.3, 0.4) is 0 Å². The second-order valence-electron chi connectivity index (χ2n) is 8.02. The van der Waals surface area contributed by atoms with Gasteiger partial charge in [0.15, 0.2) is 0 Å². The molecule has 8 nitrogen and oxygen atoms in total. The first kappa shape index (κ1) is 22.1. The van der Waals surface area contributed by atoms with E-state index in [2.05, 4.69) is 32.5 Å². The molecule has 0 unspecified atom stereocenters. The zero-order valence-electron chi connectivity index (χ0n) is 18.6.